The number of halogens is 2. The summed E-state index contributed by atoms with van der Waals surface area (Å²) in [4.78, 5) is 9.74. The van der Waals surface area contributed by atoms with E-state index in [2.05, 4.69) is 15.5 Å². The lowest BCUT2D eigenvalue weighted by atomic mass is 10.1. The zero-order valence-corrected chi connectivity index (χ0v) is 11.3. The van der Waals surface area contributed by atoms with Gasteiger partial charge in [0.2, 0.25) is 11.7 Å². The van der Waals surface area contributed by atoms with Crippen molar-refractivity contribution < 1.29 is 18.1 Å². The van der Waals surface area contributed by atoms with Crippen LogP contribution in [0.1, 0.15) is 25.3 Å². The number of nitro groups is 1. The molecule has 9 heteroatoms. The molecule has 0 aliphatic rings. The van der Waals surface area contributed by atoms with Crippen molar-refractivity contribution >= 4 is 5.69 Å². The van der Waals surface area contributed by atoms with Gasteiger partial charge >= 0.3 is 5.69 Å². The summed E-state index contributed by atoms with van der Waals surface area (Å²) in [5.74, 6) is -2.63. The summed E-state index contributed by atoms with van der Waals surface area (Å²) < 4.78 is 33.0. The number of rotatable bonds is 5. The van der Waals surface area contributed by atoms with Crippen LogP contribution in [0.5, 0.6) is 0 Å². The molecule has 1 aromatic heterocycles. The minimum absolute atomic E-state index is 0.153. The fourth-order valence-corrected chi connectivity index (χ4v) is 1.86. The third kappa shape index (κ3) is 2.72. The Morgan fingerprint density at radius 1 is 1.43 bits per heavy atom. The second kappa shape index (κ2) is 5.92. The van der Waals surface area contributed by atoms with Crippen LogP contribution in [0.4, 0.5) is 14.5 Å². The minimum atomic E-state index is -1.34. The van der Waals surface area contributed by atoms with Crippen LogP contribution in [0.15, 0.2) is 16.5 Å². The highest BCUT2D eigenvalue weighted by Crippen LogP contribution is 2.31. The van der Waals surface area contributed by atoms with Gasteiger partial charge in [-0.3, -0.25) is 10.1 Å². The largest absolute Gasteiger partial charge is 0.419 e. The summed E-state index contributed by atoms with van der Waals surface area (Å²) in [6, 6.07) is 1.26. The number of hydrogen-bond acceptors (Lipinski definition) is 6. The van der Waals surface area contributed by atoms with Crippen LogP contribution < -0.4 is 5.32 Å². The molecule has 0 saturated carbocycles. The van der Waals surface area contributed by atoms with Gasteiger partial charge < -0.3 is 9.73 Å². The van der Waals surface area contributed by atoms with E-state index >= 15 is 0 Å². The second-order valence-corrected chi connectivity index (χ2v) is 4.21. The number of nitrogens with zero attached hydrogens (tertiary/aromatic N) is 3. The maximum Gasteiger partial charge on any atom is 0.305 e. The van der Waals surface area contributed by atoms with Crippen LogP contribution >= 0.6 is 0 Å². The van der Waals surface area contributed by atoms with Gasteiger partial charge in [-0.25, -0.2) is 4.39 Å². The van der Waals surface area contributed by atoms with Gasteiger partial charge in [0.1, 0.15) is 11.4 Å². The van der Waals surface area contributed by atoms with Crippen LogP contribution in [0, 0.1) is 21.7 Å². The monoisotopic (exact) mass is 298 g/mol. The van der Waals surface area contributed by atoms with Gasteiger partial charge in [-0.05, 0) is 19.5 Å². The number of benzene rings is 1. The highest BCUT2D eigenvalue weighted by atomic mass is 19.1. The van der Waals surface area contributed by atoms with E-state index in [0.29, 0.717) is 6.42 Å². The third-order valence-electron chi connectivity index (χ3n) is 2.98. The number of nitro benzene ring substituents is 1. The van der Waals surface area contributed by atoms with Crippen LogP contribution in [-0.4, -0.2) is 22.2 Å². The summed E-state index contributed by atoms with van der Waals surface area (Å²) in [6.07, 6.45) is 0.623. The first-order valence-corrected chi connectivity index (χ1v) is 6.13. The topological polar surface area (TPSA) is 94.1 Å². The normalized spacial score (nSPS) is 12.4. The molecule has 112 valence electrons. The lowest BCUT2D eigenvalue weighted by Gasteiger charge is -2.07. The van der Waals surface area contributed by atoms with E-state index in [4.69, 9.17) is 4.42 Å². The molecule has 21 heavy (non-hydrogen) atoms. The van der Waals surface area contributed by atoms with E-state index in [1.807, 2.05) is 6.92 Å². The van der Waals surface area contributed by atoms with Crippen LogP contribution in [0.25, 0.3) is 11.5 Å². The zero-order chi connectivity index (χ0) is 15.6. The van der Waals surface area contributed by atoms with E-state index in [1.165, 1.54) is 0 Å². The van der Waals surface area contributed by atoms with Gasteiger partial charge in [-0.2, -0.15) is 4.39 Å². The van der Waals surface area contributed by atoms with Crippen molar-refractivity contribution in [2.24, 2.45) is 0 Å². The highest BCUT2D eigenvalue weighted by molar-refractivity contribution is 5.59. The van der Waals surface area contributed by atoms with E-state index in [0.717, 1.165) is 12.1 Å². The minimum Gasteiger partial charge on any atom is -0.419 e. The molecule has 2 rings (SSSR count). The maximum absolute atomic E-state index is 14.0. The molecule has 1 N–H and O–H groups in total. The molecule has 0 radical (unpaired) electrons. The Hall–Kier alpha value is -2.42. The number of hydrogen-bond donors (Lipinski definition) is 1. The first-order valence-electron chi connectivity index (χ1n) is 6.13. The first kappa shape index (κ1) is 15.0. The average Bonchev–Trinajstić information content (AvgIpc) is 2.89. The first-order chi connectivity index (χ1) is 9.99. The highest BCUT2D eigenvalue weighted by Gasteiger charge is 2.27. The van der Waals surface area contributed by atoms with Crippen molar-refractivity contribution in [2.75, 3.05) is 7.05 Å². The van der Waals surface area contributed by atoms with Crippen molar-refractivity contribution in [3.05, 3.63) is 39.8 Å². The summed E-state index contributed by atoms with van der Waals surface area (Å²) in [5, 5.41) is 20.9. The molecule has 7 nitrogen and oxygen atoms in total. The van der Waals surface area contributed by atoms with Crippen molar-refractivity contribution in [1.82, 2.24) is 15.5 Å². The predicted molar refractivity (Wildman–Crippen MR) is 68.4 cm³/mol. The Bertz CT molecular complexity index is 671. The van der Waals surface area contributed by atoms with E-state index < -0.39 is 33.7 Å². The smallest absolute Gasteiger partial charge is 0.305 e. The SMILES string of the molecule is CCC(NC)c1nnc(-c2c(F)ccc([N+](=O)[O-])c2F)o1. The molecular weight excluding hydrogens is 286 g/mol. The van der Waals surface area contributed by atoms with E-state index in [-0.39, 0.29) is 11.9 Å². The standard InChI is InChI=1S/C12H12F2N4O3/c1-3-7(15-2)11-16-17-12(21-11)9-6(13)4-5-8(10(9)14)18(19)20/h4-5,7,15H,3H2,1-2H3. The molecule has 1 aromatic carbocycles. The Labute approximate surface area is 118 Å². The van der Waals surface area contributed by atoms with Gasteiger partial charge in [-0.15, -0.1) is 10.2 Å². The Kier molecular flexibility index (Phi) is 4.22. The number of nitrogens with one attached hydrogen (secondary N) is 1. The van der Waals surface area contributed by atoms with Gasteiger partial charge in [0.15, 0.2) is 0 Å². The molecule has 0 spiro atoms. The molecule has 0 amide bonds. The van der Waals surface area contributed by atoms with Gasteiger partial charge in [0, 0.05) is 6.07 Å². The fourth-order valence-electron chi connectivity index (χ4n) is 1.86. The Morgan fingerprint density at radius 3 is 2.71 bits per heavy atom. The van der Waals surface area contributed by atoms with Gasteiger partial charge in [-0.1, -0.05) is 6.92 Å². The second-order valence-electron chi connectivity index (χ2n) is 4.21. The van der Waals surface area contributed by atoms with Gasteiger partial charge in [0.05, 0.1) is 11.0 Å². The summed E-state index contributed by atoms with van der Waals surface area (Å²) in [7, 11) is 1.67. The summed E-state index contributed by atoms with van der Waals surface area (Å²) >= 11 is 0. The predicted octanol–water partition coefficient (Wildman–Crippen LogP) is 2.59. The summed E-state index contributed by atoms with van der Waals surface area (Å²) in [5.41, 5.74) is -1.55. The molecule has 0 bridgehead atoms. The molecule has 0 aliphatic heterocycles. The fraction of sp³-hybridized carbons (Fsp3) is 0.333. The van der Waals surface area contributed by atoms with Crippen molar-refractivity contribution in [1.29, 1.82) is 0 Å². The molecule has 0 saturated heterocycles. The van der Waals surface area contributed by atoms with Crippen molar-refractivity contribution in [3.63, 3.8) is 0 Å². The molecule has 1 heterocycles. The van der Waals surface area contributed by atoms with Crippen LogP contribution in [-0.2, 0) is 0 Å². The quantitative estimate of drug-likeness (QED) is 0.673. The van der Waals surface area contributed by atoms with E-state index in [9.17, 15) is 18.9 Å². The molecule has 1 unspecified atom stereocenters. The van der Waals surface area contributed by atoms with Crippen LogP contribution in [0.3, 0.4) is 0 Å². The molecular formula is C12H12F2N4O3. The Balaban J connectivity index is 2.52. The Morgan fingerprint density at radius 2 is 2.14 bits per heavy atom. The number of aromatic nitrogens is 2. The van der Waals surface area contributed by atoms with Gasteiger partial charge in [0.25, 0.3) is 5.89 Å². The lowest BCUT2D eigenvalue weighted by Crippen LogP contribution is -2.15. The third-order valence-corrected chi connectivity index (χ3v) is 2.98. The van der Waals surface area contributed by atoms with Crippen molar-refractivity contribution in [3.8, 4) is 11.5 Å². The molecule has 2 aromatic rings. The van der Waals surface area contributed by atoms with E-state index in [1.54, 1.807) is 7.05 Å². The molecule has 0 aliphatic carbocycles. The molecule has 0 fully saturated rings. The lowest BCUT2D eigenvalue weighted by molar-refractivity contribution is -0.387. The maximum atomic E-state index is 14.0. The average molecular weight is 298 g/mol. The molecule has 1 atom stereocenters. The van der Waals surface area contributed by atoms with Crippen LogP contribution in [0.2, 0.25) is 0 Å². The zero-order valence-electron chi connectivity index (χ0n) is 11.3. The summed E-state index contributed by atoms with van der Waals surface area (Å²) in [6.45, 7) is 1.86. The van der Waals surface area contributed by atoms with Crippen molar-refractivity contribution in [2.45, 2.75) is 19.4 Å².